The molecular weight excluding hydrogens is 232 g/mol. The summed E-state index contributed by atoms with van der Waals surface area (Å²) < 4.78 is 0. The topological polar surface area (TPSA) is 20.2 Å². The van der Waals surface area contributed by atoms with Gasteiger partial charge < -0.3 is 5.11 Å². The van der Waals surface area contributed by atoms with Crippen molar-refractivity contribution in [1.29, 1.82) is 0 Å². The van der Waals surface area contributed by atoms with Crippen LogP contribution in [0.4, 0.5) is 0 Å². The van der Waals surface area contributed by atoms with E-state index in [0.717, 1.165) is 30.4 Å². The van der Waals surface area contributed by atoms with E-state index in [1.165, 1.54) is 16.7 Å². The Morgan fingerprint density at radius 1 is 0.842 bits per heavy atom. The summed E-state index contributed by atoms with van der Waals surface area (Å²) in [6.45, 7) is 6.36. The van der Waals surface area contributed by atoms with Crippen LogP contribution >= 0.6 is 0 Å². The summed E-state index contributed by atoms with van der Waals surface area (Å²) in [6, 6.07) is 12.6. The number of aryl methyl sites for hydroxylation is 1. The first-order valence-corrected chi connectivity index (χ1v) is 7.14. The van der Waals surface area contributed by atoms with Crippen LogP contribution in [-0.2, 0) is 19.3 Å². The summed E-state index contributed by atoms with van der Waals surface area (Å²) in [5.74, 6) is 0.501. The lowest BCUT2D eigenvalue weighted by molar-refractivity contribution is 0.461. The van der Waals surface area contributed by atoms with Gasteiger partial charge in [0, 0.05) is 0 Å². The van der Waals surface area contributed by atoms with E-state index < -0.39 is 0 Å². The van der Waals surface area contributed by atoms with Crippen LogP contribution in [0, 0.1) is 0 Å². The molecule has 2 aromatic carbocycles. The zero-order chi connectivity index (χ0) is 13.8. The SMILES string of the molecule is CCc1cc(-c2ccccc2)c(CC)c(CC)c1O. The summed E-state index contributed by atoms with van der Waals surface area (Å²) in [6.07, 6.45) is 2.69. The fraction of sp³-hybridized carbons (Fsp3) is 0.333. The fourth-order valence-corrected chi connectivity index (χ4v) is 2.76. The van der Waals surface area contributed by atoms with E-state index in [-0.39, 0.29) is 0 Å². The molecule has 0 unspecified atom stereocenters. The van der Waals surface area contributed by atoms with Crippen LogP contribution in [-0.4, -0.2) is 5.11 Å². The first-order chi connectivity index (χ1) is 9.22. The highest BCUT2D eigenvalue weighted by Crippen LogP contribution is 2.35. The van der Waals surface area contributed by atoms with E-state index in [1.54, 1.807) is 0 Å². The second-order valence-corrected chi connectivity index (χ2v) is 4.82. The van der Waals surface area contributed by atoms with Crippen LogP contribution in [0.3, 0.4) is 0 Å². The summed E-state index contributed by atoms with van der Waals surface area (Å²) in [7, 11) is 0. The first kappa shape index (κ1) is 13.7. The quantitative estimate of drug-likeness (QED) is 0.835. The number of hydrogen-bond donors (Lipinski definition) is 1. The Hall–Kier alpha value is -1.76. The highest BCUT2D eigenvalue weighted by Gasteiger charge is 2.15. The highest BCUT2D eigenvalue weighted by molar-refractivity contribution is 5.72. The molecule has 1 heteroatoms. The molecule has 0 amide bonds. The third-order valence-corrected chi connectivity index (χ3v) is 3.77. The number of phenolic OH excluding ortho intramolecular Hbond substituents is 1. The van der Waals surface area contributed by atoms with E-state index in [2.05, 4.69) is 51.1 Å². The molecule has 2 aromatic rings. The van der Waals surface area contributed by atoms with E-state index in [4.69, 9.17) is 0 Å². The first-order valence-electron chi connectivity index (χ1n) is 7.14. The highest BCUT2D eigenvalue weighted by atomic mass is 16.3. The van der Waals surface area contributed by atoms with Gasteiger partial charge in [-0.1, -0.05) is 51.1 Å². The molecule has 1 nitrogen and oxygen atoms in total. The van der Waals surface area contributed by atoms with Crippen molar-refractivity contribution in [3.05, 3.63) is 53.1 Å². The standard InChI is InChI=1S/C18H22O/c1-4-13-12-17(14-10-8-7-9-11-14)15(5-2)16(6-3)18(13)19/h7-12,19H,4-6H2,1-3H3. The van der Waals surface area contributed by atoms with Gasteiger partial charge in [0.2, 0.25) is 0 Å². The Balaban J connectivity index is 2.72. The maximum Gasteiger partial charge on any atom is 0.122 e. The van der Waals surface area contributed by atoms with E-state index in [1.807, 2.05) is 6.07 Å². The van der Waals surface area contributed by atoms with Crippen molar-refractivity contribution in [3.63, 3.8) is 0 Å². The van der Waals surface area contributed by atoms with Gasteiger partial charge in [0.05, 0.1) is 0 Å². The number of rotatable bonds is 4. The molecule has 0 atom stereocenters. The third kappa shape index (κ3) is 2.51. The van der Waals surface area contributed by atoms with Crippen LogP contribution < -0.4 is 0 Å². The lowest BCUT2D eigenvalue weighted by Crippen LogP contribution is -1.99. The van der Waals surface area contributed by atoms with Crippen molar-refractivity contribution in [1.82, 2.24) is 0 Å². The average Bonchev–Trinajstić information content (AvgIpc) is 2.47. The number of benzene rings is 2. The molecule has 0 bridgehead atoms. The van der Waals surface area contributed by atoms with Crippen LogP contribution in [0.2, 0.25) is 0 Å². The predicted octanol–water partition coefficient (Wildman–Crippen LogP) is 4.75. The van der Waals surface area contributed by atoms with Crippen molar-refractivity contribution in [2.45, 2.75) is 40.0 Å². The van der Waals surface area contributed by atoms with Gasteiger partial charge in [0.25, 0.3) is 0 Å². The smallest absolute Gasteiger partial charge is 0.122 e. The third-order valence-electron chi connectivity index (χ3n) is 3.77. The molecule has 2 rings (SSSR count). The Labute approximate surface area is 115 Å². The molecule has 0 aromatic heterocycles. The lowest BCUT2D eigenvalue weighted by Gasteiger charge is -2.17. The van der Waals surface area contributed by atoms with Crippen molar-refractivity contribution in [2.24, 2.45) is 0 Å². The van der Waals surface area contributed by atoms with Gasteiger partial charge in [0.15, 0.2) is 0 Å². The molecule has 0 heterocycles. The molecule has 0 aliphatic rings. The van der Waals surface area contributed by atoms with Crippen LogP contribution in [0.25, 0.3) is 11.1 Å². The molecule has 0 radical (unpaired) electrons. The van der Waals surface area contributed by atoms with Gasteiger partial charge in [0.1, 0.15) is 5.75 Å². The van der Waals surface area contributed by atoms with E-state index in [9.17, 15) is 5.11 Å². The monoisotopic (exact) mass is 254 g/mol. The van der Waals surface area contributed by atoms with Crippen LogP contribution in [0.15, 0.2) is 36.4 Å². The maximum atomic E-state index is 10.4. The van der Waals surface area contributed by atoms with Crippen molar-refractivity contribution in [2.75, 3.05) is 0 Å². The van der Waals surface area contributed by atoms with Crippen LogP contribution in [0.1, 0.15) is 37.5 Å². The normalized spacial score (nSPS) is 10.7. The van der Waals surface area contributed by atoms with Gasteiger partial charge in [-0.2, -0.15) is 0 Å². The van der Waals surface area contributed by atoms with Crippen molar-refractivity contribution in [3.8, 4) is 16.9 Å². The van der Waals surface area contributed by atoms with E-state index >= 15 is 0 Å². The molecule has 0 saturated carbocycles. The minimum Gasteiger partial charge on any atom is -0.507 e. The van der Waals surface area contributed by atoms with E-state index in [0.29, 0.717) is 5.75 Å². The molecule has 0 saturated heterocycles. The molecule has 0 aliphatic carbocycles. The molecule has 0 fully saturated rings. The lowest BCUT2D eigenvalue weighted by atomic mass is 9.89. The Morgan fingerprint density at radius 3 is 2.00 bits per heavy atom. The molecule has 0 spiro atoms. The molecule has 100 valence electrons. The van der Waals surface area contributed by atoms with Crippen molar-refractivity contribution >= 4 is 0 Å². The number of phenols is 1. The zero-order valence-corrected chi connectivity index (χ0v) is 12.0. The number of aromatic hydroxyl groups is 1. The Morgan fingerprint density at radius 2 is 1.47 bits per heavy atom. The van der Waals surface area contributed by atoms with Gasteiger partial charge in [-0.05, 0) is 53.1 Å². The molecular formula is C18H22O. The zero-order valence-electron chi connectivity index (χ0n) is 12.0. The second kappa shape index (κ2) is 5.92. The largest absolute Gasteiger partial charge is 0.507 e. The average molecular weight is 254 g/mol. The van der Waals surface area contributed by atoms with Crippen LogP contribution in [0.5, 0.6) is 5.75 Å². The molecule has 1 N–H and O–H groups in total. The summed E-state index contributed by atoms with van der Waals surface area (Å²) in [5.41, 5.74) is 5.95. The van der Waals surface area contributed by atoms with Gasteiger partial charge in [-0.25, -0.2) is 0 Å². The summed E-state index contributed by atoms with van der Waals surface area (Å²) in [4.78, 5) is 0. The fourth-order valence-electron chi connectivity index (χ4n) is 2.76. The Bertz CT molecular complexity index is 556. The summed E-state index contributed by atoms with van der Waals surface area (Å²) in [5, 5.41) is 10.4. The maximum absolute atomic E-state index is 10.4. The summed E-state index contributed by atoms with van der Waals surface area (Å²) >= 11 is 0. The van der Waals surface area contributed by atoms with Gasteiger partial charge >= 0.3 is 0 Å². The Kier molecular flexibility index (Phi) is 4.26. The minimum atomic E-state index is 0.501. The minimum absolute atomic E-state index is 0.501. The predicted molar refractivity (Wildman–Crippen MR) is 81.7 cm³/mol. The van der Waals surface area contributed by atoms with Crippen molar-refractivity contribution < 1.29 is 5.11 Å². The number of hydrogen-bond acceptors (Lipinski definition) is 1. The van der Waals surface area contributed by atoms with Gasteiger partial charge in [-0.15, -0.1) is 0 Å². The molecule has 19 heavy (non-hydrogen) atoms. The second-order valence-electron chi connectivity index (χ2n) is 4.82. The molecule has 0 aliphatic heterocycles. The van der Waals surface area contributed by atoms with Gasteiger partial charge in [-0.3, -0.25) is 0 Å².